The minimum absolute atomic E-state index is 0.0336. The molecule has 200 valence electrons. The molecule has 0 aliphatic rings. The number of thiol groups is 1. The van der Waals surface area contributed by atoms with Crippen molar-refractivity contribution in [3.63, 3.8) is 0 Å². The minimum Gasteiger partial charge on any atom is -0.481 e. The molecule has 0 heterocycles. The SMILES string of the molecule is NCCCCC(NC(=O)C(CS)NC(=O)C(CCCN=C(N)N)NC(=O)C(N)CC(=O)O)C(=O)O. The molecular weight excluding hydrogens is 484 g/mol. The molecule has 0 spiro atoms. The quantitative estimate of drug-likeness (QED) is 0.0365. The summed E-state index contributed by atoms with van der Waals surface area (Å²) in [5.41, 5.74) is 21.5. The lowest BCUT2D eigenvalue weighted by Gasteiger charge is -2.24. The van der Waals surface area contributed by atoms with Crippen molar-refractivity contribution in [2.24, 2.45) is 27.9 Å². The molecule has 3 amide bonds. The molecule has 0 saturated heterocycles. The highest BCUT2D eigenvalue weighted by atomic mass is 32.1. The van der Waals surface area contributed by atoms with E-state index in [0.29, 0.717) is 19.4 Å². The molecule has 0 radical (unpaired) electrons. The lowest BCUT2D eigenvalue weighted by Crippen LogP contribution is -2.57. The van der Waals surface area contributed by atoms with Gasteiger partial charge in [-0.2, -0.15) is 12.6 Å². The Morgan fingerprint density at radius 2 is 1.37 bits per heavy atom. The van der Waals surface area contributed by atoms with Crippen LogP contribution >= 0.6 is 12.6 Å². The Labute approximate surface area is 208 Å². The second kappa shape index (κ2) is 17.3. The molecule has 0 rings (SSSR count). The maximum atomic E-state index is 12.8. The Morgan fingerprint density at radius 3 is 1.89 bits per heavy atom. The molecule has 35 heavy (non-hydrogen) atoms. The van der Waals surface area contributed by atoms with Crippen molar-refractivity contribution < 1.29 is 34.2 Å². The van der Waals surface area contributed by atoms with Gasteiger partial charge in [-0.15, -0.1) is 0 Å². The Kier molecular flexibility index (Phi) is 15.8. The second-order valence-electron chi connectivity index (χ2n) is 7.64. The highest BCUT2D eigenvalue weighted by Gasteiger charge is 2.29. The number of carbonyl (C=O) groups is 5. The second-order valence-corrected chi connectivity index (χ2v) is 8.01. The number of amides is 3. The predicted molar refractivity (Wildman–Crippen MR) is 130 cm³/mol. The minimum atomic E-state index is -1.41. The maximum Gasteiger partial charge on any atom is 0.326 e. The van der Waals surface area contributed by atoms with Gasteiger partial charge >= 0.3 is 11.9 Å². The number of hydrogen-bond donors (Lipinski definition) is 10. The number of carboxylic acids is 2. The van der Waals surface area contributed by atoms with Gasteiger partial charge in [0.2, 0.25) is 17.7 Å². The largest absolute Gasteiger partial charge is 0.481 e. The lowest BCUT2D eigenvalue weighted by molar-refractivity contribution is -0.142. The zero-order chi connectivity index (χ0) is 27.0. The van der Waals surface area contributed by atoms with E-state index in [1.165, 1.54) is 0 Å². The van der Waals surface area contributed by atoms with Crippen LogP contribution in [0.4, 0.5) is 0 Å². The average Bonchev–Trinajstić information content (AvgIpc) is 2.77. The zero-order valence-corrected chi connectivity index (χ0v) is 20.2. The van der Waals surface area contributed by atoms with E-state index < -0.39 is 60.2 Å². The van der Waals surface area contributed by atoms with Crippen LogP contribution in [-0.2, 0) is 24.0 Å². The molecule has 0 aromatic carbocycles. The van der Waals surface area contributed by atoms with E-state index in [0.717, 1.165) is 0 Å². The molecule has 0 aromatic rings. The van der Waals surface area contributed by atoms with Gasteiger partial charge in [0.25, 0.3) is 0 Å². The first-order valence-corrected chi connectivity index (χ1v) is 11.5. The molecule has 4 unspecified atom stereocenters. The van der Waals surface area contributed by atoms with Crippen molar-refractivity contribution in [3.8, 4) is 0 Å². The molecule has 13 N–H and O–H groups in total. The Balaban J connectivity index is 5.32. The van der Waals surface area contributed by atoms with E-state index >= 15 is 0 Å². The summed E-state index contributed by atoms with van der Waals surface area (Å²) in [5.74, 6) is -5.31. The fourth-order valence-corrected chi connectivity index (χ4v) is 3.08. The molecule has 0 bridgehead atoms. The number of hydrogen-bond acceptors (Lipinski definition) is 9. The van der Waals surface area contributed by atoms with Crippen LogP contribution in [0.5, 0.6) is 0 Å². The number of guanidine groups is 1. The number of nitrogens with two attached hydrogens (primary N) is 4. The van der Waals surface area contributed by atoms with E-state index in [-0.39, 0.29) is 37.5 Å². The smallest absolute Gasteiger partial charge is 0.326 e. The number of aliphatic imine (C=N–C) groups is 1. The first-order valence-electron chi connectivity index (χ1n) is 10.9. The van der Waals surface area contributed by atoms with Gasteiger partial charge in [-0.1, -0.05) is 0 Å². The normalized spacial score (nSPS) is 14.0. The molecule has 0 aliphatic heterocycles. The summed E-state index contributed by atoms with van der Waals surface area (Å²) in [5, 5.41) is 25.3. The first-order chi connectivity index (χ1) is 16.4. The topological polar surface area (TPSA) is 278 Å². The van der Waals surface area contributed by atoms with E-state index in [4.69, 9.17) is 28.0 Å². The van der Waals surface area contributed by atoms with E-state index in [9.17, 15) is 29.1 Å². The Hall–Kier alpha value is -3.11. The first kappa shape index (κ1) is 31.9. The fourth-order valence-electron chi connectivity index (χ4n) is 2.82. The summed E-state index contributed by atoms with van der Waals surface area (Å²) in [6.07, 6.45) is 0.840. The van der Waals surface area contributed by atoms with Crippen LogP contribution in [0.25, 0.3) is 0 Å². The van der Waals surface area contributed by atoms with Crippen molar-refractivity contribution in [1.82, 2.24) is 16.0 Å². The number of carbonyl (C=O) groups excluding carboxylic acids is 3. The highest BCUT2D eigenvalue weighted by Crippen LogP contribution is 2.04. The predicted octanol–water partition coefficient (Wildman–Crippen LogP) is -3.56. The highest BCUT2D eigenvalue weighted by molar-refractivity contribution is 7.80. The summed E-state index contributed by atoms with van der Waals surface area (Å²) in [6.45, 7) is 0.519. The third kappa shape index (κ3) is 14.0. The van der Waals surface area contributed by atoms with Crippen molar-refractivity contribution >= 4 is 48.2 Å². The van der Waals surface area contributed by atoms with Crippen LogP contribution in [0.3, 0.4) is 0 Å². The van der Waals surface area contributed by atoms with Crippen molar-refractivity contribution in [2.75, 3.05) is 18.8 Å². The zero-order valence-electron chi connectivity index (χ0n) is 19.3. The van der Waals surface area contributed by atoms with Gasteiger partial charge in [0.1, 0.15) is 18.1 Å². The van der Waals surface area contributed by atoms with Crippen LogP contribution in [0.2, 0.25) is 0 Å². The fraction of sp³-hybridized carbons (Fsp3) is 0.684. The summed E-state index contributed by atoms with van der Waals surface area (Å²) in [7, 11) is 0. The number of carboxylic acid groups (broad SMARTS) is 2. The third-order valence-electron chi connectivity index (χ3n) is 4.69. The Bertz CT molecular complexity index is 763. The third-order valence-corrected chi connectivity index (χ3v) is 5.05. The summed E-state index contributed by atoms with van der Waals surface area (Å²) in [4.78, 5) is 63.7. The van der Waals surface area contributed by atoms with Crippen LogP contribution in [-0.4, -0.2) is 88.8 Å². The van der Waals surface area contributed by atoms with Gasteiger partial charge in [0.15, 0.2) is 5.96 Å². The van der Waals surface area contributed by atoms with Crippen LogP contribution in [0, 0.1) is 0 Å². The van der Waals surface area contributed by atoms with Crippen molar-refractivity contribution in [2.45, 2.75) is 62.7 Å². The number of nitrogens with zero attached hydrogens (tertiary/aromatic N) is 1. The number of unbranched alkanes of at least 4 members (excludes halogenated alkanes) is 1. The number of aliphatic carboxylic acids is 2. The monoisotopic (exact) mass is 520 g/mol. The molecule has 15 nitrogen and oxygen atoms in total. The van der Waals surface area contributed by atoms with Gasteiger partial charge < -0.3 is 49.1 Å². The standard InChI is InChI=1S/C19H36N8O7S/c20-6-2-1-4-12(18(33)34)26-17(32)13(9-35)27-16(31)11(5-3-7-24-19(22)23)25-15(30)10(21)8-14(28)29/h10-13,35H,1-9,20-21H2,(H,25,30)(H,26,32)(H,27,31)(H,28,29)(H,33,34)(H4,22,23,24). The molecule has 0 aromatic heterocycles. The van der Waals surface area contributed by atoms with Gasteiger partial charge in [-0.05, 0) is 38.6 Å². The van der Waals surface area contributed by atoms with Crippen molar-refractivity contribution in [1.29, 1.82) is 0 Å². The summed E-state index contributed by atoms with van der Waals surface area (Å²) in [6, 6.07) is -5.01. The van der Waals surface area contributed by atoms with Gasteiger partial charge in [0, 0.05) is 12.3 Å². The lowest BCUT2D eigenvalue weighted by atomic mass is 10.1. The molecule has 16 heteroatoms. The van der Waals surface area contributed by atoms with Gasteiger partial charge in [0.05, 0.1) is 12.5 Å². The van der Waals surface area contributed by atoms with Crippen LogP contribution in [0.15, 0.2) is 4.99 Å². The summed E-state index contributed by atoms with van der Waals surface area (Å²) >= 11 is 4.05. The van der Waals surface area contributed by atoms with Crippen LogP contribution in [0.1, 0.15) is 38.5 Å². The molecule has 0 fully saturated rings. The number of nitrogens with one attached hydrogen (secondary N) is 3. The maximum absolute atomic E-state index is 12.8. The average molecular weight is 521 g/mol. The molecular formula is C19H36N8O7S. The number of rotatable bonds is 18. The van der Waals surface area contributed by atoms with E-state index in [2.05, 4.69) is 33.6 Å². The molecule has 0 aliphatic carbocycles. The van der Waals surface area contributed by atoms with Gasteiger partial charge in [-0.3, -0.25) is 24.2 Å². The van der Waals surface area contributed by atoms with E-state index in [1.54, 1.807) is 0 Å². The van der Waals surface area contributed by atoms with E-state index in [1.807, 2.05) is 0 Å². The Morgan fingerprint density at radius 1 is 0.829 bits per heavy atom. The summed E-state index contributed by atoms with van der Waals surface area (Å²) < 4.78 is 0. The molecule has 0 saturated carbocycles. The van der Waals surface area contributed by atoms with Crippen LogP contribution < -0.4 is 38.9 Å². The van der Waals surface area contributed by atoms with Crippen molar-refractivity contribution in [3.05, 3.63) is 0 Å². The molecule has 4 atom stereocenters. The van der Waals surface area contributed by atoms with Gasteiger partial charge in [-0.25, -0.2) is 4.79 Å².